The van der Waals surface area contributed by atoms with Crippen LogP contribution in [-0.4, -0.2) is 33.1 Å². The summed E-state index contributed by atoms with van der Waals surface area (Å²) in [7, 11) is 1.58. The Kier molecular flexibility index (Phi) is 8.17. The van der Waals surface area contributed by atoms with E-state index in [1.54, 1.807) is 14.0 Å². The molecule has 0 aromatic heterocycles. The molecule has 4 heteroatoms. The fraction of sp³-hybridized carbons (Fsp3) is 0.700. The van der Waals surface area contributed by atoms with E-state index >= 15 is 0 Å². The first-order valence-corrected chi connectivity index (χ1v) is 4.57. The number of methoxy groups -OCH3 is 1. The molecule has 82 valence electrons. The first-order valence-electron chi connectivity index (χ1n) is 4.57. The van der Waals surface area contributed by atoms with Crippen LogP contribution < -0.4 is 0 Å². The van der Waals surface area contributed by atoms with Crippen molar-refractivity contribution < 1.29 is 19.0 Å². The Morgan fingerprint density at radius 3 is 2.50 bits per heavy atom. The zero-order valence-corrected chi connectivity index (χ0v) is 8.88. The van der Waals surface area contributed by atoms with Crippen LogP contribution in [0, 0.1) is 0 Å². The van der Waals surface area contributed by atoms with Gasteiger partial charge in [-0.2, -0.15) is 0 Å². The summed E-state index contributed by atoms with van der Waals surface area (Å²) in [6.45, 7) is 6.46. The van der Waals surface area contributed by atoms with Gasteiger partial charge in [-0.05, 0) is 19.8 Å². The molecule has 0 N–H and O–H groups in total. The molecule has 0 rings (SSSR count). The Labute approximate surface area is 84.8 Å². The van der Waals surface area contributed by atoms with Gasteiger partial charge in [-0.3, -0.25) is 0 Å². The molecule has 0 aliphatic carbocycles. The number of carbonyl (C=O) groups is 1. The SMILES string of the molecule is C=C(C)C(=O)OCCCCOCOC. The quantitative estimate of drug-likeness (QED) is 0.259. The van der Waals surface area contributed by atoms with Crippen molar-refractivity contribution in [3.05, 3.63) is 12.2 Å². The number of ether oxygens (including phenoxy) is 3. The van der Waals surface area contributed by atoms with E-state index in [0.717, 1.165) is 12.8 Å². The third-order valence-corrected chi connectivity index (χ3v) is 1.47. The largest absolute Gasteiger partial charge is 0.462 e. The molecule has 14 heavy (non-hydrogen) atoms. The number of esters is 1. The smallest absolute Gasteiger partial charge is 0.333 e. The van der Waals surface area contributed by atoms with E-state index in [2.05, 4.69) is 6.58 Å². The van der Waals surface area contributed by atoms with Gasteiger partial charge in [0.2, 0.25) is 0 Å². The molecule has 0 saturated heterocycles. The van der Waals surface area contributed by atoms with Crippen LogP contribution in [0.4, 0.5) is 0 Å². The van der Waals surface area contributed by atoms with Crippen LogP contribution in [0.3, 0.4) is 0 Å². The monoisotopic (exact) mass is 202 g/mol. The van der Waals surface area contributed by atoms with E-state index in [-0.39, 0.29) is 5.97 Å². The Morgan fingerprint density at radius 2 is 1.93 bits per heavy atom. The highest BCUT2D eigenvalue weighted by Crippen LogP contribution is 1.96. The van der Waals surface area contributed by atoms with Gasteiger partial charge in [0, 0.05) is 19.3 Å². The van der Waals surface area contributed by atoms with Gasteiger partial charge < -0.3 is 14.2 Å². The summed E-state index contributed by atoms with van der Waals surface area (Å²) in [5, 5.41) is 0. The minimum atomic E-state index is -0.331. The second-order valence-electron chi connectivity index (χ2n) is 2.94. The molecule has 4 nitrogen and oxygen atoms in total. The molecule has 0 aromatic carbocycles. The number of unbranched alkanes of at least 4 members (excludes halogenated alkanes) is 1. The molecular weight excluding hydrogens is 184 g/mol. The van der Waals surface area contributed by atoms with Crippen LogP contribution >= 0.6 is 0 Å². The third-order valence-electron chi connectivity index (χ3n) is 1.47. The van der Waals surface area contributed by atoms with Crippen molar-refractivity contribution >= 4 is 5.97 Å². The molecule has 0 aromatic rings. The van der Waals surface area contributed by atoms with Crippen LogP contribution in [-0.2, 0) is 19.0 Å². The van der Waals surface area contributed by atoms with Crippen molar-refractivity contribution in [3.63, 3.8) is 0 Å². The Balaban J connectivity index is 3.13. The van der Waals surface area contributed by atoms with Gasteiger partial charge in [-0.25, -0.2) is 4.79 Å². The molecule has 0 fully saturated rings. The Bertz CT molecular complexity index is 177. The average Bonchev–Trinajstić information content (AvgIpc) is 2.16. The highest BCUT2D eigenvalue weighted by molar-refractivity contribution is 5.86. The standard InChI is InChI=1S/C10H18O4/c1-9(2)10(11)14-7-5-4-6-13-8-12-3/h1,4-8H2,2-3H3. The summed E-state index contributed by atoms with van der Waals surface area (Å²) in [5.41, 5.74) is 0.431. The van der Waals surface area contributed by atoms with Gasteiger partial charge in [-0.15, -0.1) is 0 Å². The predicted molar refractivity (Wildman–Crippen MR) is 52.8 cm³/mol. The number of carbonyl (C=O) groups excluding carboxylic acids is 1. The number of hydrogen-bond acceptors (Lipinski definition) is 4. The number of rotatable bonds is 8. The summed E-state index contributed by atoms with van der Waals surface area (Å²) in [6, 6.07) is 0. The first kappa shape index (κ1) is 13.1. The highest BCUT2D eigenvalue weighted by atomic mass is 16.7. The van der Waals surface area contributed by atoms with Crippen molar-refractivity contribution in [3.8, 4) is 0 Å². The van der Waals surface area contributed by atoms with Gasteiger partial charge in [0.15, 0.2) is 0 Å². The second kappa shape index (κ2) is 8.72. The maximum Gasteiger partial charge on any atom is 0.333 e. The summed E-state index contributed by atoms with van der Waals surface area (Å²) in [5.74, 6) is -0.331. The fourth-order valence-electron chi connectivity index (χ4n) is 0.737. The third kappa shape index (κ3) is 7.76. The van der Waals surface area contributed by atoms with Crippen LogP contribution in [0.5, 0.6) is 0 Å². The Morgan fingerprint density at radius 1 is 1.29 bits per heavy atom. The topological polar surface area (TPSA) is 44.8 Å². The second-order valence-corrected chi connectivity index (χ2v) is 2.94. The molecule has 0 saturated carbocycles. The van der Waals surface area contributed by atoms with E-state index in [9.17, 15) is 4.79 Å². The number of hydrogen-bond donors (Lipinski definition) is 0. The van der Waals surface area contributed by atoms with Gasteiger partial charge in [0.25, 0.3) is 0 Å². The molecular formula is C10H18O4. The van der Waals surface area contributed by atoms with Crippen LogP contribution in [0.25, 0.3) is 0 Å². The lowest BCUT2D eigenvalue weighted by molar-refractivity contribution is -0.139. The van der Waals surface area contributed by atoms with Gasteiger partial charge >= 0.3 is 5.97 Å². The molecule has 0 radical (unpaired) electrons. The van der Waals surface area contributed by atoms with Crippen LogP contribution in [0.2, 0.25) is 0 Å². The van der Waals surface area contributed by atoms with Crippen LogP contribution in [0.15, 0.2) is 12.2 Å². The van der Waals surface area contributed by atoms with E-state index < -0.39 is 0 Å². The van der Waals surface area contributed by atoms with Crippen molar-refractivity contribution in [2.75, 3.05) is 27.1 Å². The average molecular weight is 202 g/mol. The maximum atomic E-state index is 10.9. The lowest BCUT2D eigenvalue weighted by atomic mass is 10.3. The lowest BCUT2D eigenvalue weighted by Crippen LogP contribution is -2.07. The van der Waals surface area contributed by atoms with Crippen molar-refractivity contribution in [1.29, 1.82) is 0 Å². The minimum Gasteiger partial charge on any atom is -0.462 e. The molecule has 0 aliphatic rings. The van der Waals surface area contributed by atoms with E-state index in [1.807, 2.05) is 0 Å². The van der Waals surface area contributed by atoms with Crippen molar-refractivity contribution in [2.45, 2.75) is 19.8 Å². The molecule has 0 spiro atoms. The lowest BCUT2D eigenvalue weighted by Gasteiger charge is -2.04. The molecule has 0 aliphatic heterocycles. The molecule has 0 unspecified atom stereocenters. The Hall–Kier alpha value is -0.870. The van der Waals surface area contributed by atoms with E-state index in [0.29, 0.717) is 25.6 Å². The zero-order valence-electron chi connectivity index (χ0n) is 8.88. The summed E-state index contributed by atoms with van der Waals surface area (Å²) >= 11 is 0. The van der Waals surface area contributed by atoms with Gasteiger partial charge in [-0.1, -0.05) is 6.58 Å². The minimum absolute atomic E-state index is 0.311. The molecule has 0 heterocycles. The molecule has 0 amide bonds. The zero-order chi connectivity index (χ0) is 10.8. The maximum absolute atomic E-state index is 10.9. The normalized spacial score (nSPS) is 9.86. The first-order chi connectivity index (χ1) is 6.68. The van der Waals surface area contributed by atoms with Crippen LogP contribution in [0.1, 0.15) is 19.8 Å². The molecule has 0 atom stereocenters. The van der Waals surface area contributed by atoms with Crippen molar-refractivity contribution in [2.24, 2.45) is 0 Å². The fourth-order valence-corrected chi connectivity index (χ4v) is 0.737. The van der Waals surface area contributed by atoms with Gasteiger partial charge in [0.05, 0.1) is 6.61 Å². The molecule has 0 bridgehead atoms. The summed E-state index contributed by atoms with van der Waals surface area (Å²) < 4.78 is 14.6. The highest BCUT2D eigenvalue weighted by Gasteiger charge is 2.01. The van der Waals surface area contributed by atoms with E-state index in [1.165, 1.54) is 0 Å². The van der Waals surface area contributed by atoms with E-state index in [4.69, 9.17) is 14.2 Å². The van der Waals surface area contributed by atoms with Gasteiger partial charge in [0.1, 0.15) is 6.79 Å². The predicted octanol–water partition coefficient (Wildman–Crippen LogP) is 1.51. The summed E-state index contributed by atoms with van der Waals surface area (Å²) in [6.07, 6.45) is 1.65. The van der Waals surface area contributed by atoms with Crippen molar-refractivity contribution in [1.82, 2.24) is 0 Å². The summed E-state index contributed by atoms with van der Waals surface area (Å²) in [4.78, 5) is 10.9.